The van der Waals surface area contributed by atoms with Crippen LogP contribution in [0, 0.1) is 5.82 Å². The molecule has 10 heteroatoms. The first-order valence-electron chi connectivity index (χ1n) is 9.53. The topological polar surface area (TPSA) is 118 Å². The minimum atomic E-state index is -1.12. The van der Waals surface area contributed by atoms with Crippen LogP contribution in [0.5, 0.6) is 5.75 Å². The van der Waals surface area contributed by atoms with Gasteiger partial charge < -0.3 is 24.6 Å². The number of aromatic hydroxyl groups is 1. The number of carbonyl (C=O) groups is 2. The van der Waals surface area contributed by atoms with Gasteiger partial charge in [0.2, 0.25) is 5.91 Å². The van der Waals surface area contributed by atoms with Crippen LogP contribution in [0.4, 0.5) is 10.1 Å². The van der Waals surface area contributed by atoms with Gasteiger partial charge in [0.15, 0.2) is 0 Å². The van der Waals surface area contributed by atoms with Gasteiger partial charge in [0, 0.05) is 100 Å². The van der Waals surface area contributed by atoms with Crippen molar-refractivity contribution in [2.75, 3.05) is 5.32 Å². The van der Waals surface area contributed by atoms with Crippen LogP contribution in [0.25, 0.3) is 11.3 Å². The molecule has 0 unspecified atom stereocenters. The number of hydrogen-bond donors (Lipinski definition) is 3. The molecule has 1 radical (unpaired) electrons. The monoisotopic (exact) mass is 454 g/mol. The van der Waals surface area contributed by atoms with E-state index in [-0.39, 0.29) is 92.7 Å². The first kappa shape index (κ1) is 25.3. The third kappa shape index (κ3) is 5.83. The normalized spacial score (nSPS) is 10.5. The van der Waals surface area contributed by atoms with E-state index in [0.717, 1.165) is 6.07 Å². The number of anilines is 1. The number of nitrogens with one attached hydrogen (secondary N) is 1. The molecule has 0 aliphatic rings. The smallest absolute Gasteiger partial charge is 0.339 e. The van der Waals surface area contributed by atoms with Crippen LogP contribution >= 0.6 is 0 Å². The third-order valence-corrected chi connectivity index (χ3v) is 4.76. The zero-order chi connectivity index (χ0) is 21.8. The molecule has 0 bridgehead atoms. The Kier molecular flexibility index (Phi) is 9.01. The van der Waals surface area contributed by atoms with Gasteiger partial charge in [-0.05, 0) is 25.5 Å². The number of halogens is 1. The number of carboxylic acid groups (broad SMARTS) is 1. The van der Waals surface area contributed by atoms with Crippen molar-refractivity contribution in [3.05, 3.63) is 53.3 Å². The van der Waals surface area contributed by atoms with Gasteiger partial charge in [-0.25, -0.2) is 9.18 Å². The summed E-state index contributed by atoms with van der Waals surface area (Å²) in [5, 5.41) is 25.2. The largest absolute Gasteiger partial charge is 0.508 e. The first-order chi connectivity index (χ1) is 14.3. The average molecular weight is 455 g/mol. The predicted molar refractivity (Wildman–Crippen MR) is 113 cm³/mol. The molecule has 31 heavy (non-hydrogen) atoms. The maximum Gasteiger partial charge on any atom is 0.339 e. The predicted octanol–water partition coefficient (Wildman–Crippen LogP) is 3.46. The summed E-state index contributed by atoms with van der Waals surface area (Å²) < 4.78 is 21.2. The van der Waals surface area contributed by atoms with Gasteiger partial charge in [0.05, 0.1) is 5.69 Å². The molecule has 8 nitrogen and oxygen atoms in total. The first-order valence-corrected chi connectivity index (χ1v) is 9.53. The van der Waals surface area contributed by atoms with Crippen LogP contribution in [0.15, 0.2) is 35.1 Å². The number of benzene rings is 1. The number of carbonyl (C=O) groups excluding carboxylic acids is 1. The molecule has 3 aromatic rings. The van der Waals surface area contributed by atoms with E-state index < -0.39 is 11.8 Å². The number of hydrogen-bond acceptors (Lipinski definition) is 5. The number of phenolic OH excluding ortho intramolecular Hbond substituents is 1. The summed E-state index contributed by atoms with van der Waals surface area (Å²) in [4.78, 5) is 23.7. The Bertz CT molecular complexity index is 1090. The Hall–Kier alpha value is -1.98. The summed E-state index contributed by atoms with van der Waals surface area (Å²) in [7, 11) is 0. The van der Waals surface area contributed by atoms with E-state index in [4.69, 9.17) is 4.52 Å². The Morgan fingerprint density at radius 1 is 1.26 bits per heavy atom. The minimum absolute atomic E-state index is 0. The molecule has 3 N–H and O–H groups in total. The number of aryl methyl sites for hydroxylation is 2. The van der Waals surface area contributed by atoms with Gasteiger partial charge >= 0.3 is 5.97 Å². The fraction of sp³-hybridized carbons (Fsp3) is 0.286. The number of phenols is 1. The maximum atomic E-state index is 14.2. The summed E-state index contributed by atoms with van der Waals surface area (Å²) in [5.74, 6) is -1.85. The molecule has 2 aromatic heterocycles. The number of rotatable bonds is 8. The van der Waals surface area contributed by atoms with Crippen molar-refractivity contribution in [2.45, 2.75) is 39.7 Å². The van der Waals surface area contributed by atoms with Gasteiger partial charge in [-0.15, -0.1) is 0 Å². The quantitative estimate of drug-likeness (QED) is 0.449. The number of amides is 1. The van der Waals surface area contributed by atoms with Crippen LogP contribution in [0.3, 0.4) is 0 Å². The van der Waals surface area contributed by atoms with Crippen LogP contribution in [0.2, 0.25) is 0 Å². The molecular formula is C21H22FKN3O5. The fourth-order valence-corrected chi connectivity index (χ4v) is 3.21. The van der Waals surface area contributed by atoms with Crippen molar-refractivity contribution in [3.8, 4) is 17.0 Å². The van der Waals surface area contributed by atoms with E-state index in [1.807, 2.05) is 13.8 Å². The number of nitrogens with zero attached hydrogens (tertiary/aromatic N) is 2. The Morgan fingerprint density at radius 2 is 2.00 bits per heavy atom. The molecule has 2 heterocycles. The minimum Gasteiger partial charge on any atom is -0.508 e. The van der Waals surface area contributed by atoms with E-state index in [1.165, 1.54) is 18.3 Å². The molecule has 3 rings (SSSR count). The van der Waals surface area contributed by atoms with Crippen molar-refractivity contribution in [3.63, 3.8) is 0 Å². The van der Waals surface area contributed by atoms with E-state index in [0.29, 0.717) is 30.0 Å². The van der Waals surface area contributed by atoms with Crippen molar-refractivity contribution < 1.29 is 28.7 Å². The van der Waals surface area contributed by atoms with E-state index >= 15 is 0 Å². The molecule has 0 saturated carbocycles. The second-order valence-corrected chi connectivity index (χ2v) is 6.72. The molecular weight excluding hydrogens is 432 g/mol. The molecule has 0 fully saturated rings. The zero-order valence-electron chi connectivity index (χ0n) is 17.6. The Labute approximate surface area is 220 Å². The van der Waals surface area contributed by atoms with E-state index in [1.54, 1.807) is 10.8 Å². The Morgan fingerprint density at radius 3 is 2.61 bits per heavy atom. The second kappa shape index (κ2) is 11.1. The van der Waals surface area contributed by atoms with Crippen molar-refractivity contribution >= 4 is 68.9 Å². The standard InChI is InChI=1S/C21H22FN3O5.K/c1-3-13-18(30-24-20(13)14-6-5-12(26)9-16(14)22)7-8-19(27)23-17-11-25(4-2)10-15(17)21(28)29;/h5-6,9-11,26H,3-4,7-8H2,1-2H3,(H,23,27)(H,28,29);. The van der Waals surface area contributed by atoms with Crippen LogP contribution < -0.4 is 5.32 Å². The Balaban J connectivity index is 0.00000341. The molecule has 0 atom stereocenters. The molecule has 1 amide bonds. The van der Waals surface area contributed by atoms with Crippen LogP contribution in [0.1, 0.15) is 41.9 Å². The van der Waals surface area contributed by atoms with Gasteiger partial charge in [0.25, 0.3) is 0 Å². The summed E-state index contributed by atoms with van der Waals surface area (Å²) in [5.41, 5.74) is 1.46. The van der Waals surface area contributed by atoms with Crippen molar-refractivity contribution in [1.82, 2.24) is 9.72 Å². The molecule has 0 aliphatic heterocycles. The summed E-state index contributed by atoms with van der Waals surface area (Å²) in [6.07, 6.45) is 3.80. The van der Waals surface area contributed by atoms with Gasteiger partial charge in [-0.1, -0.05) is 12.1 Å². The van der Waals surface area contributed by atoms with Crippen LogP contribution in [-0.4, -0.2) is 83.2 Å². The maximum absolute atomic E-state index is 14.2. The van der Waals surface area contributed by atoms with Crippen molar-refractivity contribution in [2.24, 2.45) is 0 Å². The third-order valence-electron chi connectivity index (χ3n) is 4.76. The molecule has 0 spiro atoms. The van der Waals surface area contributed by atoms with Gasteiger partial charge in [0.1, 0.15) is 28.6 Å². The molecule has 0 aliphatic carbocycles. The van der Waals surface area contributed by atoms with Gasteiger partial charge in [-0.3, -0.25) is 4.79 Å². The number of aromatic carboxylic acids is 1. The SMILES string of the molecule is CCc1c(-c2ccc(O)cc2F)noc1CCC(=O)Nc1cn(CC)cc1C(=O)O.[K]. The average Bonchev–Trinajstić information content (AvgIpc) is 3.30. The second-order valence-electron chi connectivity index (χ2n) is 6.72. The number of carboxylic acids is 1. The molecule has 0 saturated heterocycles. The summed E-state index contributed by atoms with van der Waals surface area (Å²) in [6.45, 7) is 4.30. The molecule has 159 valence electrons. The van der Waals surface area contributed by atoms with Gasteiger partial charge in [-0.2, -0.15) is 0 Å². The van der Waals surface area contributed by atoms with Crippen molar-refractivity contribution in [1.29, 1.82) is 0 Å². The number of aromatic nitrogens is 2. The van der Waals surface area contributed by atoms with E-state index in [2.05, 4.69) is 10.5 Å². The summed E-state index contributed by atoms with van der Waals surface area (Å²) >= 11 is 0. The molecule has 1 aromatic carbocycles. The summed E-state index contributed by atoms with van der Waals surface area (Å²) in [6, 6.07) is 3.78. The van der Waals surface area contributed by atoms with E-state index in [9.17, 15) is 24.2 Å². The van der Waals surface area contributed by atoms with Crippen LogP contribution in [-0.2, 0) is 24.2 Å². The fourth-order valence-electron chi connectivity index (χ4n) is 3.21. The zero-order valence-corrected chi connectivity index (χ0v) is 20.7.